The van der Waals surface area contributed by atoms with Gasteiger partial charge in [-0.2, -0.15) is 18.4 Å². The number of nitriles is 1. The van der Waals surface area contributed by atoms with E-state index in [1.807, 2.05) is 0 Å². The van der Waals surface area contributed by atoms with Crippen LogP contribution in [0.15, 0.2) is 0 Å². The zero-order chi connectivity index (χ0) is 8.04. The Morgan fingerprint density at radius 2 is 2.00 bits per heavy atom. The van der Waals surface area contributed by atoms with Gasteiger partial charge in [-0.25, -0.2) is 0 Å². The summed E-state index contributed by atoms with van der Waals surface area (Å²) >= 11 is 0. The van der Waals surface area contributed by atoms with Gasteiger partial charge in [0.1, 0.15) is 0 Å². The molecule has 0 fully saturated rings. The summed E-state index contributed by atoms with van der Waals surface area (Å²) in [4.78, 5) is 0. The second-order valence-corrected chi connectivity index (χ2v) is 1.70. The molecule has 0 atom stereocenters. The Hall–Kier alpha value is -0.760. The van der Waals surface area contributed by atoms with Crippen molar-refractivity contribution in [1.82, 2.24) is 5.32 Å². The molecule has 58 valence electrons. The van der Waals surface area contributed by atoms with E-state index in [4.69, 9.17) is 5.26 Å². The molecule has 0 amide bonds. The first-order valence-corrected chi connectivity index (χ1v) is 2.70. The maximum Gasteiger partial charge on any atom is 0.390 e. The van der Waals surface area contributed by atoms with Crippen molar-refractivity contribution in [2.24, 2.45) is 0 Å². The molecule has 1 N–H and O–H groups in total. The van der Waals surface area contributed by atoms with Crippen LogP contribution in [0.1, 0.15) is 6.42 Å². The van der Waals surface area contributed by atoms with Crippen molar-refractivity contribution >= 4 is 0 Å². The van der Waals surface area contributed by atoms with Crippen molar-refractivity contribution in [3.8, 4) is 6.07 Å². The van der Waals surface area contributed by atoms with Gasteiger partial charge in [0.25, 0.3) is 0 Å². The normalized spacial score (nSPS) is 11.0. The van der Waals surface area contributed by atoms with Crippen LogP contribution in [0, 0.1) is 11.3 Å². The summed E-state index contributed by atoms with van der Waals surface area (Å²) in [5.41, 5.74) is 0. The topological polar surface area (TPSA) is 35.8 Å². The number of nitrogens with zero attached hydrogens (tertiary/aromatic N) is 1. The molecule has 0 saturated carbocycles. The van der Waals surface area contributed by atoms with Crippen LogP contribution in [0.5, 0.6) is 0 Å². The van der Waals surface area contributed by atoms with Gasteiger partial charge in [-0.05, 0) is 0 Å². The molecule has 2 nitrogen and oxygen atoms in total. The average Bonchev–Trinajstić information content (AvgIpc) is 1.78. The molecule has 0 aromatic heterocycles. The minimum Gasteiger partial charge on any atom is -0.304 e. The Kier molecular flexibility index (Phi) is 3.81. The first-order chi connectivity index (χ1) is 4.56. The zero-order valence-corrected chi connectivity index (χ0v) is 5.20. The zero-order valence-electron chi connectivity index (χ0n) is 5.20. The average molecular weight is 152 g/mol. The first kappa shape index (κ1) is 9.24. The van der Waals surface area contributed by atoms with Crippen LogP contribution in [0.4, 0.5) is 13.2 Å². The van der Waals surface area contributed by atoms with Crippen molar-refractivity contribution in [1.29, 1.82) is 5.26 Å². The molecule has 0 saturated heterocycles. The minimum atomic E-state index is -4.12. The molecule has 0 aromatic carbocycles. The van der Waals surface area contributed by atoms with Crippen molar-refractivity contribution in [3.05, 3.63) is 0 Å². The molecule has 0 spiro atoms. The molecule has 0 radical (unpaired) electrons. The monoisotopic (exact) mass is 152 g/mol. The van der Waals surface area contributed by atoms with Gasteiger partial charge >= 0.3 is 6.18 Å². The summed E-state index contributed by atoms with van der Waals surface area (Å²) in [6.07, 6.45) is -5.00. The second-order valence-electron chi connectivity index (χ2n) is 1.70. The van der Waals surface area contributed by atoms with Gasteiger partial charge in [-0.3, -0.25) is 0 Å². The van der Waals surface area contributed by atoms with Crippen molar-refractivity contribution in [2.45, 2.75) is 12.6 Å². The number of hydrogen-bond donors (Lipinski definition) is 1. The van der Waals surface area contributed by atoms with E-state index in [9.17, 15) is 13.2 Å². The molecule has 0 bridgehead atoms. The Labute approximate surface area is 56.6 Å². The quantitative estimate of drug-likeness (QED) is 0.484. The van der Waals surface area contributed by atoms with Gasteiger partial charge in [-0.15, -0.1) is 0 Å². The van der Waals surface area contributed by atoms with Crippen molar-refractivity contribution in [3.63, 3.8) is 0 Å². The van der Waals surface area contributed by atoms with E-state index in [1.54, 1.807) is 6.07 Å². The first-order valence-electron chi connectivity index (χ1n) is 2.70. The highest BCUT2D eigenvalue weighted by atomic mass is 19.4. The van der Waals surface area contributed by atoms with Crippen molar-refractivity contribution in [2.75, 3.05) is 13.1 Å². The molecule has 5 heteroatoms. The summed E-state index contributed by atoms with van der Waals surface area (Å²) in [5.74, 6) is 0. The summed E-state index contributed by atoms with van der Waals surface area (Å²) in [7, 11) is 0. The predicted molar refractivity (Wildman–Crippen MR) is 29.2 cm³/mol. The molecular weight excluding hydrogens is 145 g/mol. The molecule has 0 aliphatic rings. The number of hydrogen-bond acceptors (Lipinski definition) is 2. The summed E-state index contributed by atoms with van der Waals surface area (Å²) in [5, 5.41) is 10.2. The largest absolute Gasteiger partial charge is 0.390 e. The van der Waals surface area contributed by atoms with E-state index in [0.717, 1.165) is 0 Å². The maximum atomic E-state index is 11.4. The Morgan fingerprint density at radius 3 is 2.40 bits per heavy atom. The highest BCUT2D eigenvalue weighted by Gasteiger charge is 2.25. The van der Waals surface area contributed by atoms with Crippen LogP contribution in [0.2, 0.25) is 0 Å². The van der Waals surface area contributed by atoms with Gasteiger partial charge in [0.15, 0.2) is 0 Å². The molecule has 0 unspecified atom stereocenters. The fourth-order valence-corrected chi connectivity index (χ4v) is 0.374. The van der Waals surface area contributed by atoms with E-state index in [-0.39, 0.29) is 13.1 Å². The SMILES string of the molecule is N#CCNCCC(F)(F)F. The van der Waals surface area contributed by atoms with E-state index >= 15 is 0 Å². The molecule has 0 heterocycles. The van der Waals surface area contributed by atoms with Crippen LogP contribution < -0.4 is 5.32 Å². The third-order valence-corrected chi connectivity index (χ3v) is 0.789. The summed E-state index contributed by atoms with van der Waals surface area (Å²) in [6, 6.07) is 1.68. The highest BCUT2D eigenvalue weighted by molar-refractivity contribution is 4.72. The molecule has 0 aliphatic heterocycles. The molecule has 0 aromatic rings. The highest BCUT2D eigenvalue weighted by Crippen LogP contribution is 2.17. The number of rotatable bonds is 3. The van der Waals surface area contributed by atoms with Gasteiger partial charge in [0.05, 0.1) is 19.0 Å². The number of nitrogens with one attached hydrogen (secondary N) is 1. The van der Waals surface area contributed by atoms with Crippen LogP contribution >= 0.6 is 0 Å². The third-order valence-electron chi connectivity index (χ3n) is 0.789. The predicted octanol–water partition coefficient (Wildman–Crippen LogP) is 1.05. The summed E-state index contributed by atoms with van der Waals surface area (Å²) in [6.45, 7) is -0.215. The lowest BCUT2D eigenvalue weighted by Crippen LogP contribution is -2.21. The Balaban J connectivity index is 3.14. The fourth-order valence-electron chi connectivity index (χ4n) is 0.374. The number of alkyl halides is 3. The lowest BCUT2D eigenvalue weighted by Gasteiger charge is -2.04. The van der Waals surface area contributed by atoms with Crippen LogP contribution in [0.3, 0.4) is 0 Å². The number of halogens is 3. The van der Waals surface area contributed by atoms with Crippen LogP contribution in [-0.2, 0) is 0 Å². The second kappa shape index (κ2) is 4.12. The van der Waals surface area contributed by atoms with E-state index < -0.39 is 12.6 Å². The maximum absolute atomic E-state index is 11.4. The minimum absolute atomic E-state index is 0.0317. The van der Waals surface area contributed by atoms with Gasteiger partial charge in [0.2, 0.25) is 0 Å². The fraction of sp³-hybridized carbons (Fsp3) is 0.800. The van der Waals surface area contributed by atoms with E-state index in [2.05, 4.69) is 5.32 Å². The van der Waals surface area contributed by atoms with Crippen LogP contribution in [-0.4, -0.2) is 19.3 Å². The summed E-state index contributed by atoms with van der Waals surface area (Å²) < 4.78 is 34.1. The lowest BCUT2D eigenvalue weighted by atomic mass is 10.4. The van der Waals surface area contributed by atoms with Gasteiger partial charge in [-0.1, -0.05) is 0 Å². The Bertz CT molecular complexity index is 124. The molecule has 0 aliphatic carbocycles. The van der Waals surface area contributed by atoms with E-state index in [0.29, 0.717) is 0 Å². The molecule has 0 rings (SSSR count). The van der Waals surface area contributed by atoms with Gasteiger partial charge in [0, 0.05) is 6.54 Å². The van der Waals surface area contributed by atoms with E-state index in [1.165, 1.54) is 0 Å². The molecule has 10 heavy (non-hydrogen) atoms. The van der Waals surface area contributed by atoms with Crippen molar-refractivity contribution < 1.29 is 13.2 Å². The standard InChI is InChI=1S/C5H7F3N2/c6-5(7,8)1-3-10-4-2-9/h10H,1,3-4H2. The van der Waals surface area contributed by atoms with Crippen LogP contribution in [0.25, 0.3) is 0 Å². The van der Waals surface area contributed by atoms with Gasteiger partial charge < -0.3 is 5.32 Å². The smallest absolute Gasteiger partial charge is 0.304 e. The lowest BCUT2D eigenvalue weighted by molar-refractivity contribution is -0.133. The molecular formula is C5H7F3N2. The third kappa shape index (κ3) is 7.24. The Morgan fingerprint density at radius 1 is 1.40 bits per heavy atom.